The van der Waals surface area contributed by atoms with Crippen LogP contribution in [0.25, 0.3) is 11.0 Å². The number of para-hydroxylation sites is 1. The summed E-state index contributed by atoms with van der Waals surface area (Å²) < 4.78 is 21.6. The molecule has 0 atom stereocenters. The van der Waals surface area contributed by atoms with E-state index in [1.807, 2.05) is 30.3 Å². The molecule has 0 fully saturated rings. The normalized spacial score (nSPS) is 10.5. The summed E-state index contributed by atoms with van der Waals surface area (Å²) in [5.74, 6) is 1.53. The highest BCUT2D eigenvalue weighted by molar-refractivity contribution is 5.96. The predicted octanol–water partition coefficient (Wildman–Crippen LogP) is 3.39. The first-order chi connectivity index (χ1) is 12.2. The van der Waals surface area contributed by atoms with Crippen LogP contribution in [0.2, 0.25) is 0 Å². The lowest BCUT2D eigenvalue weighted by Crippen LogP contribution is -2.22. The van der Waals surface area contributed by atoms with Crippen LogP contribution in [0, 0.1) is 0 Å². The first kappa shape index (κ1) is 16.7. The van der Waals surface area contributed by atoms with Crippen LogP contribution in [0.4, 0.5) is 0 Å². The summed E-state index contributed by atoms with van der Waals surface area (Å²) in [6.07, 6.45) is 0. The fraction of sp³-hybridized carbons (Fsp3) is 0.211. The molecule has 3 rings (SSSR count). The number of carbonyl (C=O) groups excluding carboxylic acids is 1. The number of amides is 1. The van der Waals surface area contributed by atoms with Gasteiger partial charge in [-0.1, -0.05) is 18.2 Å². The van der Waals surface area contributed by atoms with Crippen LogP contribution in [-0.4, -0.2) is 27.2 Å². The molecule has 0 aliphatic carbocycles. The van der Waals surface area contributed by atoms with Crippen molar-refractivity contribution in [1.82, 2.24) is 5.32 Å². The number of hydrogen-bond acceptors (Lipinski definition) is 5. The van der Waals surface area contributed by atoms with E-state index >= 15 is 0 Å². The molecule has 1 aromatic heterocycles. The molecular weight excluding hydrogens is 322 g/mol. The highest BCUT2D eigenvalue weighted by Gasteiger charge is 2.17. The Balaban J connectivity index is 1.79. The molecule has 130 valence electrons. The van der Waals surface area contributed by atoms with Crippen LogP contribution in [-0.2, 0) is 6.54 Å². The van der Waals surface area contributed by atoms with Crippen LogP contribution >= 0.6 is 0 Å². The smallest absolute Gasteiger partial charge is 0.287 e. The molecule has 0 unspecified atom stereocenters. The summed E-state index contributed by atoms with van der Waals surface area (Å²) in [5, 5.41) is 3.72. The van der Waals surface area contributed by atoms with Crippen molar-refractivity contribution >= 4 is 16.9 Å². The van der Waals surface area contributed by atoms with Gasteiger partial charge >= 0.3 is 0 Å². The average molecular weight is 341 g/mol. The van der Waals surface area contributed by atoms with E-state index < -0.39 is 0 Å². The number of ether oxygens (including phenoxy) is 3. The third-order valence-corrected chi connectivity index (χ3v) is 3.87. The van der Waals surface area contributed by atoms with Gasteiger partial charge in [0.25, 0.3) is 5.91 Å². The van der Waals surface area contributed by atoms with Crippen molar-refractivity contribution in [3.63, 3.8) is 0 Å². The number of methoxy groups -OCH3 is 3. The highest BCUT2D eigenvalue weighted by Crippen LogP contribution is 2.39. The Kier molecular flexibility index (Phi) is 4.79. The largest absolute Gasteiger partial charge is 0.493 e. The summed E-state index contributed by atoms with van der Waals surface area (Å²) in [6, 6.07) is 12.8. The van der Waals surface area contributed by atoms with E-state index in [1.165, 1.54) is 7.11 Å². The molecule has 2 aromatic carbocycles. The van der Waals surface area contributed by atoms with Crippen molar-refractivity contribution in [1.29, 1.82) is 0 Å². The number of nitrogens with one attached hydrogen (secondary N) is 1. The van der Waals surface area contributed by atoms with Gasteiger partial charge in [0.2, 0.25) is 5.75 Å². The van der Waals surface area contributed by atoms with Gasteiger partial charge in [-0.3, -0.25) is 4.79 Å². The van der Waals surface area contributed by atoms with E-state index in [2.05, 4.69) is 5.32 Å². The average Bonchev–Trinajstić information content (AvgIpc) is 3.09. The first-order valence-electron chi connectivity index (χ1n) is 7.72. The van der Waals surface area contributed by atoms with E-state index in [-0.39, 0.29) is 18.2 Å². The molecule has 1 N–H and O–H groups in total. The number of carbonyl (C=O) groups is 1. The Bertz CT molecular complexity index is 867. The highest BCUT2D eigenvalue weighted by atomic mass is 16.5. The molecule has 1 heterocycles. The first-order valence-corrected chi connectivity index (χ1v) is 7.72. The lowest BCUT2D eigenvalue weighted by atomic mass is 10.1. The molecule has 0 saturated heterocycles. The third kappa shape index (κ3) is 3.24. The van der Waals surface area contributed by atoms with Gasteiger partial charge in [-0.05, 0) is 24.3 Å². The Hall–Kier alpha value is -3.15. The SMILES string of the molecule is COc1ccc(CNC(=O)c2cc3ccccc3o2)c(OC)c1OC. The molecule has 0 spiro atoms. The maximum absolute atomic E-state index is 12.4. The fourth-order valence-electron chi connectivity index (χ4n) is 2.66. The second-order valence-electron chi connectivity index (χ2n) is 5.32. The van der Waals surface area contributed by atoms with Crippen LogP contribution in [0.5, 0.6) is 17.2 Å². The van der Waals surface area contributed by atoms with Crippen LogP contribution < -0.4 is 19.5 Å². The fourth-order valence-corrected chi connectivity index (χ4v) is 2.66. The molecule has 6 nitrogen and oxygen atoms in total. The van der Waals surface area contributed by atoms with Gasteiger partial charge in [-0.2, -0.15) is 0 Å². The lowest BCUT2D eigenvalue weighted by Gasteiger charge is -2.15. The molecule has 6 heteroatoms. The predicted molar refractivity (Wildman–Crippen MR) is 93.5 cm³/mol. The van der Waals surface area contributed by atoms with E-state index in [4.69, 9.17) is 18.6 Å². The molecule has 0 saturated carbocycles. The topological polar surface area (TPSA) is 69.9 Å². The Morgan fingerprint density at radius 1 is 1.00 bits per heavy atom. The minimum Gasteiger partial charge on any atom is -0.493 e. The number of benzene rings is 2. The van der Waals surface area contributed by atoms with Gasteiger partial charge in [-0.25, -0.2) is 0 Å². The molecule has 3 aromatic rings. The van der Waals surface area contributed by atoms with Crippen molar-refractivity contribution < 1.29 is 23.4 Å². The number of furan rings is 1. The van der Waals surface area contributed by atoms with E-state index in [0.717, 1.165) is 10.9 Å². The Morgan fingerprint density at radius 3 is 2.44 bits per heavy atom. The van der Waals surface area contributed by atoms with Gasteiger partial charge in [0.15, 0.2) is 17.3 Å². The zero-order valence-corrected chi connectivity index (χ0v) is 14.3. The molecule has 0 aliphatic rings. The molecule has 0 radical (unpaired) electrons. The van der Waals surface area contributed by atoms with Crippen molar-refractivity contribution in [3.8, 4) is 17.2 Å². The summed E-state index contributed by atoms with van der Waals surface area (Å²) in [7, 11) is 4.64. The van der Waals surface area contributed by atoms with Crippen molar-refractivity contribution in [3.05, 3.63) is 53.8 Å². The summed E-state index contributed by atoms with van der Waals surface area (Å²) in [5.41, 5.74) is 1.45. The monoisotopic (exact) mass is 341 g/mol. The van der Waals surface area contributed by atoms with Gasteiger partial charge in [-0.15, -0.1) is 0 Å². The van der Waals surface area contributed by atoms with Gasteiger partial charge in [0.1, 0.15) is 5.58 Å². The second kappa shape index (κ2) is 7.17. The van der Waals surface area contributed by atoms with Gasteiger partial charge in [0, 0.05) is 17.5 Å². The number of rotatable bonds is 6. The van der Waals surface area contributed by atoms with Crippen LogP contribution in [0.3, 0.4) is 0 Å². The summed E-state index contributed by atoms with van der Waals surface area (Å²) in [4.78, 5) is 12.4. The molecule has 25 heavy (non-hydrogen) atoms. The summed E-state index contributed by atoms with van der Waals surface area (Å²) in [6.45, 7) is 0.263. The molecule has 0 aliphatic heterocycles. The molecule has 1 amide bonds. The Labute approximate surface area is 145 Å². The van der Waals surface area contributed by atoms with Crippen LogP contribution in [0.15, 0.2) is 46.9 Å². The molecular formula is C19H19NO5. The number of hydrogen-bond donors (Lipinski definition) is 1. The maximum Gasteiger partial charge on any atom is 0.287 e. The zero-order valence-electron chi connectivity index (χ0n) is 14.3. The third-order valence-electron chi connectivity index (χ3n) is 3.87. The zero-order chi connectivity index (χ0) is 17.8. The number of fused-ring (bicyclic) bond motifs is 1. The minimum atomic E-state index is -0.298. The van der Waals surface area contributed by atoms with Gasteiger partial charge in [0.05, 0.1) is 21.3 Å². The minimum absolute atomic E-state index is 0.263. The van der Waals surface area contributed by atoms with Crippen LogP contribution in [0.1, 0.15) is 16.1 Å². The van der Waals surface area contributed by atoms with Crippen molar-refractivity contribution in [2.24, 2.45) is 0 Å². The molecule has 0 bridgehead atoms. The van der Waals surface area contributed by atoms with Crippen molar-refractivity contribution in [2.75, 3.05) is 21.3 Å². The quantitative estimate of drug-likeness (QED) is 0.744. The van der Waals surface area contributed by atoms with E-state index in [9.17, 15) is 4.79 Å². The second-order valence-corrected chi connectivity index (χ2v) is 5.32. The van der Waals surface area contributed by atoms with Gasteiger partial charge < -0.3 is 23.9 Å². The lowest BCUT2D eigenvalue weighted by molar-refractivity contribution is 0.0925. The van der Waals surface area contributed by atoms with E-state index in [1.54, 1.807) is 26.4 Å². The summed E-state index contributed by atoms with van der Waals surface area (Å²) >= 11 is 0. The van der Waals surface area contributed by atoms with E-state index in [0.29, 0.717) is 22.8 Å². The maximum atomic E-state index is 12.4. The van der Waals surface area contributed by atoms with Crippen molar-refractivity contribution in [2.45, 2.75) is 6.54 Å². The Morgan fingerprint density at radius 2 is 1.76 bits per heavy atom. The standard InChI is InChI=1S/C19H19NO5/c1-22-15-9-8-13(17(23-2)18(15)24-3)11-20-19(21)16-10-12-6-4-5-7-14(12)25-16/h4-10H,11H2,1-3H3,(H,20,21).